The molecule has 2 aliphatic rings. The van der Waals surface area contributed by atoms with E-state index in [1.54, 1.807) is 20.2 Å². The van der Waals surface area contributed by atoms with Gasteiger partial charge in [0.05, 0.1) is 35.5 Å². The van der Waals surface area contributed by atoms with Crippen LogP contribution in [0.1, 0.15) is 68.4 Å². The van der Waals surface area contributed by atoms with Gasteiger partial charge in [0.2, 0.25) is 0 Å². The number of esters is 1. The number of fused-ring (bicyclic) bond motifs is 6. The lowest BCUT2D eigenvalue weighted by Gasteiger charge is -2.53. The number of carbonyl (C=O) groups is 1. The standard InChI is InChI=1S/C25H31ClN2O5/c1-5-32-24(30)18-15-27-21(14-22(18)29)16-12-19(26)23(33-11-7-10-31-4)13-17(16)20-8-6-9-25(2,3)28(20)27/h12-15,20H,5-11H2,1-4H3/t20-/m0/s1. The Labute approximate surface area is 199 Å². The van der Waals surface area contributed by atoms with Crippen molar-refractivity contribution in [1.29, 1.82) is 0 Å². The minimum atomic E-state index is -0.604. The average Bonchev–Trinajstić information content (AvgIpc) is 2.76. The highest BCUT2D eigenvalue weighted by Crippen LogP contribution is 2.48. The van der Waals surface area contributed by atoms with Crippen molar-refractivity contribution in [3.05, 3.63) is 50.8 Å². The lowest BCUT2D eigenvalue weighted by atomic mass is 9.82. The second kappa shape index (κ2) is 9.39. The Balaban J connectivity index is 1.86. The van der Waals surface area contributed by atoms with Gasteiger partial charge in [-0.25, -0.2) is 4.79 Å². The Morgan fingerprint density at radius 3 is 2.76 bits per heavy atom. The predicted molar refractivity (Wildman–Crippen MR) is 128 cm³/mol. The molecule has 4 rings (SSSR count). The number of rotatable bonds is 7. The molecule has 0 radical (unpaired) electrons. The van der Waals surface area contributed by atoms with Gasteiger partial charge in [0.1, 0.15) is 11.3 Å². The van der Waals surface area contributed by atoms with Crippen molar-refractivity contribution in [2.45, 2.75) is 58.0 Å². The molecular weight excluding hydrogens is 444 g/mol. The molecule has 8 heteroatoms. The third kappa shape index (κ3) is 4.36. The summed E-state index contributed by atoms with van der Waals surface area (Å²) in [6, 6.07) is 5.46. The lowest BCUT2D eigenvalue weighted by molar-refractivity contribution is 0.0523. The van der Waals surface area contributed by atoms with Gasteiger partial charge in [-0.1, -0.05) is 11.6 Å². The summed E-state index contributed by atoms with van der Waals surface area (Å²) in [6.07, 6.45) is 5.40. The maximum atomic E-state index is 12.9. The zero-order chi connectivity index (χ0) is 23.8. The van der Waals surface area contributed by atoms with E-state index in [9.17, 15) is 9.59 Å². The first-order chi connectivity index (χ1) is 15.8. The average molecular weight is 475 g/mol. The molecule has 0 bridgehead atoms. The zero-order valence-corrected chi connectivity index (χ0v) is 20.4. The van der Waals surface area contributed by atoms with E-state index < -0.39 is 5.97 Å². The van der Waals surface area contributed by atoms with Gasteiger partial charge in [0, 0.05) is 38.0 Å². The summed E-state index contributed by atoms with van der Waals surface area (Å²) in [4.78, 5) is 25.4. The van der Waals surface area contributed by atoms with Gasteiger partial charge in [0.15, 0.2) is 5.43 Å². The van der Waals surface area contributed by atoms with Crippen LogP contribution in [0.25, 0.3) is 11.3 Å². The largest absolute Gasteiger partial charge is 0.492 e. The third-order valence-corrected chi connectivity index (χ3v) is 6.73. The molecule has 0 amide bonds. The second-order valence-electron chi connectivity index (χ2n) is 9.13. The number of benzene rings is 1. The van der Waals surface area contributed by atoms with Crippen molar-refractivity contribution >= 4 is 17.6 Å². The van der Waals surface area contributed by atoms with Gasteiger partial charge in [-0.05, 0) is 57.7 Å². The molecule has 0 aliphatic carbocycles. The number of piperidine rings is 1. The molecule has 1 atom stereocenters. The van der Waals surface area contributed by atoms with Crippen LogP contribution in [0.2, 0.25) is 5.02 Å². The first-order valence-electron chi connectivity index (χ1n) is 11.5. The summed E-state index contributed by atoms with van der Waals surface area (Å²) < 4.78 is 18.2. The van der Waals surface area contributed by atoms with Gasteiger partial charge in [-0.2, -0.15) is 0 Å². The van der Waals surface area contributed by atoms with E-state index in [1.807, 2.05) is 16.8 Å². The van der Waals surface area contributed by atoms with Crippen LogP contribution < -0.4 is 15.2 Å². The molecule has 1 aromatic carbocycles. The summed E-state index contributed by atoms with van der Waals surface area (Å²) >= 11 is 6.60. The van der Waals surface area contributed by atoms with E-state index in [0.29, 0.717) is 29.7 Å². The van der Waals surface area contributed by atoms with Crippen LogP contribution in [0.15, 0.2) is 29.2 Å². The number of aromatic nitrogens is 1. The molecule has 0 spiro atoms. The molecule has 3 heterocycles. The zero-order valence-electron chi connectivity index (χ0n) is 19.7. The topological polar surface area (TPSA) is 70.0 Å². The highest BCUT2D eigenvalue weighted by molar-refractivity contribution is 6.32. The van der Waals surface area contributed by atoms with Gasteiger partial charge < -0.3 is 14.2 Å². The van der Waals surface area contributed by atoms with E-state index >= 15 is 0 Å². The first-order valence-corrected chi connectivity index (χ1v) is 11.8. The predicted octanol–water partition coefficient (Wildman–Crippen LogP) is 4.72. The maximum absolute atomic E-state index is 12.9. The molecule has 2 aliphatic heterocycles. The number of methoxy groups -OCH3 is 1. The van der Waals surface area contributed by atoms with Crippen molar-refractivity contribution in [2.24, 2.45) is 0 Å². The fourth-order valence-electron chi connectivity index (χ4n) is 4.94. The van der Waals surface area contributed by atoms with Crippen molar-refractivity contribution in [2.75, 3.05) is 31.9 Å². The summed E-state index contributed by atoms with van der Waals surface area (Å²) in [7, 11) is 1.66. The summed E-state index contributed by atoms with van der Waals surface area (Å²) in [6.45, 7) is 7.44. The van der Waals surface area contributed by atoms with Crippen LogP contribution in [0.3, 0.4) is 0 Å². The van der Waals surface area contributed by atoms with Gasteiger partial charge in [-0.15, -0.1) is 0 Å². The van der Waals surface area contributed by atoms with Crippen LogP contribution in [0.4, 0.5) is 0 Å². The van der Waals surface area contributed by atoms with Crippen molar-refractivity contribution < 1.29 is 19.0 Å². The Bertz CT molecular complexity index is 1110. The normalized spacial score (nSPS) is 18.2. The molecule has 0 N–H and O–H groups in total. The second-order valence-corrected chi connectivity index (χ2v) is 9.54. The van der Waals surface area contributed by atoms with Crippen LogP contribution in [-0.4, -0.2) is 43.1 Å². The quantitative estimate of drug-likeness (QED) is 0.427. The molecule has 7 nitrogen and oxygen atoms in total. The van der Waals surface area contributed by atoms with Crippen molar-refractivity contribution in [1.82, 2.24) is 4.68 Å². The molecule has 0 saturated carbocycles. The molecule has 2 aromatic rings. The van der Waals surface area contributed by atoms with E-state index in [-0.39, 0.29) is 29.2 Å². The molecule has 33 heavy (non-hydrogen) atoms. The third-order valence-electron chi connectivity index (χ3n) is 6.43. The van der Waals surface area contributed by atoms with Crippen molar-refractivity contribution in [3.8, 4) is 17.0 Å². The molecule has 1 fully saturated rings. The fraction of sp³-hybridized carbons (Fsp3) is 0.520. The van der Waals surface area contributed by atoms with E-state index in [4.69, 9.17) is 25.8 Å². The lowest BCUT2D eigenvalue weighted by Crippen LogP contribution is -2.57. The van der Waals surface area contributed by atoms with E-state index in [2.05, 4.69) is 18.9 Å². The number of carbonyl (C=O) groups excluding carboxylic acids is 1. The Kier molecular flexibility index (Phi) is 6.73. The number of halogens is 1. The monoisotopic (exact) mass is 474 g/mol. The summed E-state index contributed by atoms with van der Waals surface area (Å²) in [5, 5.41) is 2.77. The molecule has 0 unspecified atom stereocenters. The number of pyridine rings is 1. The highest BCUT2D eigenvalue weighted by Gasteiger charge is 2.42. The van der Waals surface area contributed by atoms with Gasteiger partial charge >= 0.3 is 5.97 Å². The van der Waals surface area contributed by atoms with Crippen LogP contribution >= 0.6 is 11.6 Å². The SMILES string of the molecule is CCOC(=O)c1cn2c(cc1=O)-c1cc(Cl)c(OCCCOC)cc1[C@@H]1CCCC(C)(C)N12. The first kappa shape index (κ1) is 23.6. The maximum Gasteiger partial charge on any atom is 0.343 e. The fourth-order valence-corrected chi connectivity index (χ4v) is 5.16. The van der Waals surface area contributed by atoms with Crippen LogP contribution in [0.5, 0.6) is 5.75 Å². The Morgan fingerprint density at radius 2 is 2.03 bits per heavy atom. The molecule has 1 aromatic heterocycles. The smallest absolute Gasteiger partial charge is 0.343 e. The minimum Gasteiger partial charge on any atom is -0.492 e. The van der Waals surface area contributed by atoms with Crippen molar-refractivity contribution in [3.63, 3.8) is 0 Å². The highest BCUT2D eigenvalue weighted by atomic mass is 35.5. The number of hydrogen-bond donors (Lipinski definition) is 0. The summed E-state index contributed by atoms with van der Waals surface area (Å²) in [5.41, 5.74) is 2.16. The Hall–Kier alpha value is -2.51. The molecular formula is C25H31ClN2O5. The Morgan fingerprint density at radius 1 is 1.24 bits per heavy atom. The van der Waals surface area contributed by atoms with Gasteiger partial charge in [0.25, 0.3) is 0 Å². The number of hydrogen-bond acceptors (Lipinski definition) is 6. The minimum absolute atomic E-state index is 0.0355. The van der Waals surface area contributed by atoms with E-state index in [0.717, 1.165) is 36.8 Å². The number of nitrogens with zero attached hydrogens (tertiary/aromatic N) is 2. The molecule has 178 valence electrons. The summed E-state index contributed by atoms with van der Waals surface area (Å²) in [5.74, 6) is 0.0293. The van der Waals surface area contributed by atoms with Crippen LogP contribution in [0, 0.1) is 0 Å². The van der Waals surface area contributed by atoms with Gasteiger partial charge in [-0.3, -0.25) is 14.5 Å². The number of ether oxygens (including phenoxy) is 3. The molecule has 1 saturated heterocycles. The van der Waals surface area contributed by atoms with Crippen LogP contribution in [-0.2, 0) is 9.47 Å². The van der Waals surface area contributed by atoms with E-state index in [1.165, 1.54) is 6.07 Å².